The number of methoxy groups -OCH3 is 1. The molecule has 0 bridgehead atoms. The van der Waals surface area contributed by atoms with Gasteiger partial charge in [-0.3, -0.25) is 9.80 Å². The van der Waals surface area contributed by atoms with Crippen molar-refractivity contribution in [2.45, 2.75) is 95.6 Å². The molecule has 1 saturated carbocycles. The maximum Gasteiger partial charge on any atom is 0.410 e. The fourth-order valence-corrected chi connectivity index (χ4v) is 8.72. The molecule has 2 fully saturated rings. The Balaban J connectivity index is 1.58. The van der Waals surface area contributed by atoms with Crippen molar-refractivity contribution in [2.24, 2.45) is 22.9 Å². The Morgan fingerprint density at radius 2 is 1.82 bits per heavy atom. The maximum absolute atomic E-state index is 14.1. The van der Waals surface area contributed by atoms with Crippen LogP contribution in [0.1, 0.15) is 82.8 Å². The number of fused-ring (bicyclic) bond motifs is 2. The molecular formula is C44H60FN3O8. The minimum absolute atomic E-state index is 0.0726. The molecule has 2 N–H and O–H groups in total. The molecule has 1 saturated heterocycles. The number of hydrogen-bond acceptors (Lipinski definition) is 10. The van der Waals surface area contributed by atoms with Gasteiger partial charge in [0, 0.05) is 57.3 Å². The SMILES string of the molecule is C=CCO[C@@]12Oc3ccc(OCCN4CC4)cc3[C@H]3[C@H](CCCCO)[C@@H](CCCCO)C=C(C(=NOC(C)(C)C)C[C@@H]1N(Cc1ccc(F)cc1)C(=O)OC)[C@H]32. The van der Waals surface area contributed by atoms with Crippen molar-refractivity contribution in [3.8, 4) is 11.5 Å². The molecule has 1 amide bonds. The number of rotatable bonds is 19. The van der Waals surface area contributed by atoms with E-state index in [4.69, 9.17) is 28.9 Å². The van der Waals surface area contributed by atoms with Crippen molar-refractivity contribution < 1.29 is 43.2 Å². The quantitative estimate of drug-likeness (QED) is 0.0659. The summed E-state index contributed by atoms with van der Waals surface area (Å²) in [4.78, 5) is 24.2. The van der Waals surface area contributed by atoms with Crippen molar-refractivity contribution in [1.29, 1.82) is 0 Å². The average molecular weight is 778 g/mol. The van der Waals surface area contributed by atoms with Gasteiger partial charge in [-0.25, -0.2) is 9.18 Å². The van der Waals surface area contributed by atoms with Crippen molar-refractivity contribution in [1.82, 2.24) is 9.80 Å². The number of carbonyl (C=O) groups excluding carboxylic acids is 1. The number of carbonyl (C=O) groups is 1. The zero-order valence-corrected chi connectivity index (χ0v) is 33.5. The molecule has 6 atom stereocenters. The first-order valence-corrected chi connectivity index (χ1v) is 20.2. The normalized spacial score (nSPS) is 26.0. The number of unbranched alkanes of at least 4 members (excludes halogenated alkanes) is 2. The minimum Gasteiger partial charge on any atom is -0.492 e. The predicted molar refractivity (Wildman–Crippen MR) is 212 cm³/mol. The molecule has 306 valence electrons. The third kappa shape index (κ3) is 9.58. The highest BCUT2D eigenvalue weighted by Gasteiger charge is 2.65. The van der Waals surface area contributed by atoms with E-state index in [1.54, 1.807) is 23.1 Å². The number of ether oxygens (including phenoxy) is 4. The van der Waals surface area contributed by atoms with Crippen molar-refractivity contribution in [3.05, 3.63) is 83.7 Å². The summed E-state index contributed by atoms with van der Waals surface area (Å²) in [5.41, 5.74) is 2.71. The van der Waals surface area contributed by atoms with Crippen LogP contribution in [0.25, 0.3) is 0 Å². The highest BCUT2D eigenvalue weighted by Crippen LogP contribution is 2.62. The molecule has 2 aliphatic carbocycles. The van der Waals surface area contributed by atoms with E-state index in [1.165, 1.54) is 19.2 Å². The van der Waals surface area contributed by atoms with Gasteiger partial charge in [0.15, 0.2) is 0 Å². The van der Waals surface area contributed by atoms with Gasteiger partial charge in [-0.1, -0.05) is 42.3 Å². The summed E-state index contributed by atoms with van der Waals surface area (Å²) in [6.07, 6.45) is 8.27. The Kier molecular flexibility index (Phi) is 13.8. The maximum atomic E-state index is 14.1. The van der Waals surface area contributed by atoms with Gasteiger partial charge in [-0.2, -0.15) is 0 Å². The fourth-order valence-electron chi connectivity index (χ4n) is 8.72. The lowest BCUT2D eigenvalue weighted by Crippen LogP contribution is -2.70. The van der Waals surface area contributed by atoms with Crippen LogP contribution in [0.5, 0.6) is 11.5 Å². The van der Waals surface area contributed by atoms with Crippen molar-refractivity contribution in [2.75, 3.05) is 53.2 Å². The van der Waals surface area contributed by atoms with Gasteiger partial charge in [-0.15, -0.1) is 6.58 Å². The first kappa shape index (κ1) is 41.7. The number of oxime groups is 1. The third-order valence-corrected chi connectivity index (χ3v) is 11.3. The van der Waals surface area contributed by atoms with Crippen LogP contribution < -0.4 is 9.47 Å². The summed E-state index contributed by atoms with van der Waals surface area (Å²) in [6, 6.07) is 11.3. The second kappa shape index (κ2) is 18.5. The number of halogens is 1. The Morgan fingerprint density at radius 3 is 2.48 bits per heavy atom. The zero-order valence-electron chi connectivity index (χ0n) is 33.5. The van der Waals surface area contributed by atoms with Crippen LogP contribution in [0.3, 0.4) is 0 Å². The first-order chi connectivity index (χ1) is 27.0. The number of nitrogens with zero attached hydrogens (tertiary/aromatic N) is 3. The number of aliphatic hydroxyl groups is 2. The molecule has 0 spiro atoms. The number of benzene rings is 2. The molecule has 0 radical (unpaired) electrons. The van der Waals surface area contributed by atoms with Gasteiger partial charge in [0.2, 0.25) is 5.79 Å². The average Bonchev–Trinajstić information content (AvgIpc) is 4.01. The van der Waals surface area contributed by atoms with Gasteiger partial charge < -0.3 is 34.0 Å². The molecule has 2 aromatic rings. The lowest BCUT2D eigenvalue weighted by Gasteiger charge is -2.59. The molecule has 6 rings (SSSR count). The molecule has 11 nitrogen and oxygen atoms in total. The summed E-state index contributed by atoms with van der Waals surface area (Å²) in [5.74, 6) is -0.930. The molecule has 2 aromatic carbocycles. The zero-order chi connectivity index (χ0) is 39.9. The van der Waals surface area contributed by atoms with Crippen LogP contribution in [0, 0.1) is 23.6 Å². The monoisotopic (exact) mass is 777 g/mol. The van der Waals surface area contributed by atoms with Gasteiger partial charge in [-0.05, 0) is 99.8 Å². The summed E-state index contributed by atoms with van der Waals surface area (Å²) < 4.78 is 40.2. The summed E-state index contributed by atoms with van der Waals surface area (Å²) in [5, 5.41) is 24.6. The van der Waals surface area contributed by atoms with E-state index in [-0.39, 0.29) is 56.4 Å². The van der Waals surface area contributed by atoms with Crippen molar-refractivity contribution >= 4 is 11.8 Å². The molecule has 12 heteroatoms. The molecule has 4 aliphatic rings. The highest BCUT2D eigenvalue weighted by molar-refractivity contribution is 6.03. The van der Waals surface area contributed by atoms with E-state index >= 15 is 0 Å². The van der Waals surface area contributed by atoms with Crippen LogP contribution in [-0.4, -0.2) is 102 Å². The van der Waals surface area contributed by atoms with Crippen LogP contribution in [0.4, 0.5) is 9.18 Å². The Hall–Kier alpha value is -3.97. The predicted octanol–water partition coefficient (Wildman–Crippen LogP) is 7.22. The van der Waals surface area contributed by atoms with Gasteiger partial charge >= 0.3 is 6.09 Å². The lowest BCUT2D eigenvalue weighted by molar-refractivity contribution is -0.256. The van der Waals surface area contributed by atoms with E-state index in [9.17, 15) is 19.4 Å². The number of amides is 1. The summed E-state index contributed by atoms with van der Waals surface area (Å²) in [6.45, 7) is 13.9. The molecule has 2 aliphatic heterocycles. The largest absolute Gasteiger partial charge is 0.492 e. The Labute approximate surface area is 331 Å². The van der Waals surface area contributed by atoms with Crippen LogP contribution >= 0.6 is 0 Å². The second-order valence-corrected chi connectivity index (χ2v) is 16.4. The summed E-state index contributed by atoms with van der Waals surface area (Å²) in [7, 11) is 1.35. The highest BCUT2D eigenvalue weighted by atomic mass is 19.1. The topological polar surface area (TPSA) is 122 Å². The second-order valence-electron chi connectivity index (χ2n) is 16.4. The lowest BCUT2D eigenvalue weighted by atomic mass is 9.55. The third-order valence-electron chi connectivity index (χ3n) is 11.3. The van der Waals surface area contributed by atoms with Gasteiger partial charge in [0.1, 0.15) is 35.6 Å². The molecular weight excluding hydrogens is 717 g/mol. The van der Waals surface area contributed by atoms with E-state index < -0.39 is 29.4 Å². The number of aliphatic hydroxyl groups excluding tert-OH is 2. The molecule has 56 heavy (non-hydrogen) atoms. The van der Waals surface area contributed by atoms with E-state index in [2.05, 4.69) is 23.6 Å². The Morgan fingerprint density at radius 1 is 1.09 bits per heavy atom. The van der Waals surface area contributed by atoms with Crippen LogP contribution in [0.15, 0.2) is 71.9 Å². The molecule has 0 unspecified atom stereocenters. The standard InChI is InChI=1S/C44H60FN3O8/c1-6-24-54-44-39(48(42(51)52-5)29-30-13-15-32(45)16-14-30)28-37(46-56-43(2,3)4)35-26-31(11-7-9-22-49)34(12-8-10-23-50)40(41(35)44)36-27-33(17-18-38(36)55-44)53-25-21-47-19-20-47/h6,13-18,26-27,31,34,39-41,49-50H,1,7-12,19-25,28-29H2,2-5H3/t31-,34+,39-,40+,41+,44+/m0/s1. The number of allylic oxidation sites excluding steroid dienone is 1. The van der Waals surface area contributed by atoms with Crippen molar-refractivity contribution in [3.63, 3.8) is 0 Å². The fraction of sp³-hybridized carbons (Fsp3) is 0.591. The summed E-state index contributed by atoms with van der Waals surface area (Å²) >= 11 is 0. The van der Waals surface area contributed by atoms with Crippen LogP contribution in [-0.2, 0) is 20.9 Å². The van der Waals surface area contributed by atoms with E-state index in [0.29, 0.717) is 36.5 Å². The smallest absolute Gasteiger partial charge is 0.410 e. The first-order valence-electron chi connectivity index (χ1n) is 20.2. The van der Waals surface area contributed by atoms with E-state index in [0.717, 1.165) is 62.2 Å². The van der Waals surface area contributed by atoms with Crippen LogP contribution in [0.2, 0.25) is 0 Å². The van der Waals surface area contributed by atoms with Gasteiger partial charge in [0.25, 0.3) is 0 Å². The number of hydrogen-bond donors (Lipinski definition) is 2. The van der Waals surface area contributed by atoms with Gasteiger partial charge in [0.05, 0.1) is 25.3 Å². The molecule has 2 heterocycles. The Bertz CT molecular complexity index is 1710. The molecule has 0 aromatic heterocycles. The minimum atomic E-state index is -1.44. The van der Waals surface area contributed by atoms with E-state index in [1.807, 2.05) is 32.9 Å².